The Labute approximate surface area is 122 Å². The van der Waals surface area contributed by atoms with Crippen molar-refractivity contribution in [1.29, 1.82) is 0 Å². The molecular weight excluding hydrogens is 275 g/mol. The van der Waals surface area contributed by atoms with Crippen LogP contribution in [0.3, 0.4) is 0 Å². The van der Waals surface area contributed by atoms with Crippen LogP contribution in [0.25, 0.3) is 0 Å². The zero-order valence-corrected chi connectivity index (χ0v) is 12.1. The average Bonchev–Trinajstić information content (AvgIpc) is 2.96. The highest BCUT2D eigenvalue weighted by Crippen LogP contribution is 2.18. The molecule has 1 heterocycles. The Balaban J connectivity index is 1.91. The molecule has 0 radical (unpaired) electrons. The van der Waals surface area contributed by atoms with Gasteiger partial charge in [0.15, 0.2) is 0 Å². The maximum Gasteiger partial charge on any atom is 0.488 e. The van der Waals surface area contributed by atoms with Crippen LogP contribution in [0, 0.1) is 0 Å². The minimum Gasteiger partial charge on any atom is -0.496 e. The highest BCUT2D eigenvalue weighted by Gasteiger charge is 2.13. The van der Waals surface area contributed by atoms with E-state index in [0.717, 1.165) is 12.0 Å². The Hall–Kier alpha value is -1.34. The van der Waals surface area contributed by atoms with E-state index < -0.39 is 7.12 Å². The number of rotatable bonds is 7. The number of benzene rings is 1. The SMILES string of the molecule is COc1ccc(B(O)O)cc1COCCc1cccs1. The summed E-state index contributed by atoms with van der Waals surface area (Å²) in [6.07, 6.45) is 0.877. The van der Waals surface area contributed by atoms with Gasteiger partial charge in [-0.15, -0.1) is 11.3 Å². The third-order valence-electron chi connectivity index (χ3n) is 2.93. The number of hydrogen-bond donors (Lipinski definition) is 2. The van der Waals surface area contributed by atoms with Crippen LogP contribution in [0.4, 0.5) is 0 Å². The lowest BCUT2D eigenvalue weighted by Gasteiger charge is -2.11. The van der Waals surface area contributed by atoms with Crippen molar-refractivity contribution >= 4 is 23.9 Å². The molecule has 1 aromatic heterocycles. The average molecular weight is 292 g/mol. The van der Waals surface area contributed by atoms with E-state index in [9.17, 15) is 10.0 Å². The van der Waals surface area contributed by atoms with E-state index in [1.165, 1.54) is 4.88 Å². The lowest BCUT2D eigenvalue weighted by molar-refractivity contribution is 0.122. The van der Waals surface area contributed by atoms with Crippen LogP contribution in [0.1, 0.15) is 10.4 Å². The molecule has 2 rings (SSSR count). The molecule has 6 heteroatoms. The zero-order chi connectivity index (χ0) is 14.4. The summed E-state index contributed by atoms with van der Waals surface area (Å²) >= 11 is 1.71. The normalized spacial score (nSPS) is 10.6. The van der Waals surface area contributed by atoms with E-state index in [0.29, 0.717) is 24.4 Å². The summed E-state index contributed by atoms with van der Waals surface area (Å²) in [5.74, 6) is 0.686. The summed E-state index contributed by atoms with van der Waals surface area (Å²) in [7, 11) is 0.102. The lowest BCUT2D eigenvalue weighted by Crippen LogP contribution is -2.30. The first kappa shape index (κ1) is 15.1. The molecule has 0 unspecified atom stereocenters. The number of thiophene rings is 1. The maximum atomic E-state index is 9.18. The third-order valence-corrected chi connectivity index (χ3v) is 3.87. The molecule has 0 saturated heterocycles. The molecule has 0 aliphatic heterocycles. The molecule has 0 atom stereocenters. The monoisotopic (exact) mass is 292 g/mol. The number of methoxy groups -OCH3 is 1. The maximum absolute atomic E-state index is 9.18. The summed E-state index contributed by atoms with van der Waals surface area (Å²) in [6.45, 7) is 1.00. The van der Waals surface area contributed by atoms with Crippen molar-refractivity contribution in [3.05, 3.63) is 46.2 Å². The standard InChI is InChI=1S/C14H17BO4S/c1-18-14-5-4-12(15(16)17)9-11(14)10-19-7-6-13-3-2-8-20-13/h2-5,8-9,16-17H,6-7,10H2,1H3. The predicted octanol–water partition coefficient (Wildman–Crippen LogP) is 1.20. The van der Waals surface area contributed by atoms with E-state index in [4.69, 9.17) is 9.47 Å². The molecule has 1 aromatic carbocycles. The van der Waals surface area contributed by atoms with Crippen molar-refractivity contribution < 1.29 is 19.5 Å². The smallest absolute Gasteiger partial charge is 0.488 e. The second kappa shape index (κ2) is 7.45. The van der Waals surface area contributed by atoms with Crippen LogP contribution in [-0.4, -0.2) is 30.9 Å². The van der Waals surface area contributed by atoms with Crippen LogP contribution >= 0.6 is 11.3 Å². The lowest BCUT2D eigenvalue weighted by atomic mass is 9.79. The number of hydrogen-bond acceptors (Lipinski definition) is 5. The molecule has 4 nitrogen and oxygen atoms in total. The van der Waals surface area contributed by atoms with Crippen molar-refractivity contribution in [3.8, 4) is 5.75 Å². The van der Waals surface area contributed by atoms with Crippen LogP contribution in [0.2, 0.25) is 0 Å². The molecule has 0 fully saturated rings. The van der Waals surface area contributed by atoms with Gasteiger partial charge in [0.1, 0.15) is 5.75 Å². The second-order valence-electron chi connectivity index (χ2n) is 4.33. The first-order chi connectivity index (χ1) is 9.70. The van der Waals surface area contributed by atoms with Gasteiger partial charge in [0, 0.05) is 16.9 Å². The Bertz CT molecular complexity index is 528. The fourth-order valence-electron chi connectivity index (χ4n) is 1.88. The van der Waals surface area contributed by atoms with Gasteiger partial charge in [-0.05, 0) is 23.0 Å². The van der Waals surface area contributed by atoms with Crippen LogP contribution in [-0.2, 0) is 17.8 Å². The Morgan fingerprint density at radius 1 is 1.25 bits per heavy atom. The van der Waals surface area contributed by atoms with Gasteiger partial charge in [0.2, 0.25) is 0 Å². The van der Waals surface area contributed by atoms with Crippen molar-refractivity contribution in [1.82, 2.24) is 0 Å². The van der Waals surface area contributed by atoms with Crippen LogP contribution in [0.15, 0.2) is 35.7 Å². The van der Waals surface area contributed by atoms with Crippen molar-refractivity contribution in [2.75, 3.05) is 13.7 Å². The molecule has 0 bridgehead atoms. The summed E-state index contributed by atoms with van der Waals surface area (Å²) in [6, 6.07) is 9.13. The highest BCUT2D eigenvalue weighted by atomic mass is 32.1. The van der Waals surface area contributed by atoms with Gasteiger partial charge < -0.3 is 19.5 Å². The van der Waals surface area contributed by atoms with E-state index in [2.05, 4.69) is 6.07 Å². The largest absolute Gasteiger partial charge is 0.496 e. The molecule has 0 amide bonds. The second-order valence-corrected chi connectivity index (χ2v) is 5.36. The van der Waals surface area contributed by atoms with Crippen molar-refractivity contribution in [3.63, 3.8) is 0 Å². The number of ether oxygens (including phenoxy) is 2. The van der Waals surface area contributed by atoms with E-state index in [1.54, 1.807) is 36.6 Å². The Morgan fingerprint density at radius 3 is 2.75 bits per heavy atom. The van der Waals surface area contributed by atoms with Gasteiger partial charge in [-0.25, -0.2) is 0 Å². The first-order valence-electron chi connectivity index (χ1n) is 6.34. The van der Waals surface area contributed by atoms with Crippen LogP contribution in [0.5, 0.6) is 5.75 Å². The van der Waals surface area contributed by atoms with Gasteiger partial charge in [0.25, 0.3) is 0 Å². The molecule has 106 valence electrons. The van der Waals surface area contributed by atoms with Gasteiger partial charge in [-0.2, -0.15) is 0 Å². The first-order valence-corrected chi connectivity index (χ1v) is 7.21. The quantitative estimate of drug-likeness (QED) is 0.594. The minimum absolute atomic E-state index is 0.384. The van der Waals surface area contributed by atoms with Crippen LogP contribution < -0.4 is 10.2 Å². The molecule has 0 aliphatic rings. The molecule has 0 aliphatic carbocycles. The van der Waals surface area contributed by atoms with Gasteiger partial charge in [0.05, 0.1) is 20.3 Å². The fourth-order valence-corrected chi connectivity index (χ4v) is 2.57. The van der Waals surface area contributed by atoms with Gasteiger partial charge >= 0.3 is 7.12 Å². The predicted molar refractivity (Wildman–Crippen MR) is 80.5 cm³/mol. The molecule has 2 aromatic rings. The Morgan fingerprint density at radius 2 is 2.10 bits per heavy atom. The van der Waals surface area contributed by atoms with Gasteiger partial charge in [-0.3, -0.25) is 0 Å². The fraction of sp³-hybridized carbons (Fsp3) is 0.286. The zero-order valence-electron chi connectivity index (χ0n) is 11.3. The van der Waals surface area contributed by atoms with E-state index in [1.807, 2.05) is 11.4 Å². The minimum atomic E-state index is -1.48. The van der Waals surface area contributed by atoms with Crippen molar-refractivity contribution in [2.24, 2.45) is 0 Å². The molecule has 20 heavy (non-hydrogen) atoms. The van der Waals surface area contributed by atoms with E-state index >= 15 is 0 Å². The molecule has 0 spiro atoms. The highest BCUT2D eigenvalue weighted by molar-refractivity contribution is 7.09. The summed E-state index contributed by atoms with van der Waals surface area (Å²) < 4.78 is 10.9. The van der Waals surface area contributed by atoms with Gasteiger partial charge in [-0.1, -0.05) is 18.2 Å². The molecule has 0 saturated carbocycles. The third kappa shape index (κ3) is 4.08. The molecule has 2 N–H and O–H groups in total. The van der Waals surface area contributed by atoms with Crippen molar-refractivity contribution in [2.45, 2.75) is 13.0 Å². The molecular formula is C14H17BO4S. The topological polar surface area (TPSA) is 58.9 Å². The summed E-state index contributed by atoms with van der Waals surface area (Å²) in [5.41, 5.74) is 1.24. The summed E-state index contributed by atoms with van der Waals surface area (Å²) in [4.78, 5) is 1.29. The Kier molecular flexibility index (Phi) is 5.61. The van der Waals surface area contributed by atoms with E-state index in [-0.39, 0.29) is 0 Å². The summed E-state index contributed by atoms with van der Waals surface area (Å²) in [5, 5.41) is 20.4.